The Balaban J connectivity index is 1.59. The molecule has 0 aliphatic carbocycles. The maximum Gasteiger partial charge on any atom is 0.267 e. The average Bonchev–Trinajstić information content (AvgIpc) is 2.76. The van der Waals surface area contributed by atoms with Gasteiger partial charge in [-0.25, -0.2) is 4.68 Å². The van der Waals surface area contributed by atoms with Crippen molar-refractivity contribution >= 4 is 5.91 Å². The molecule has 1 aromatic heterocycles. The molecular formula is C23H25N3O3. The smallest absolute Gasteiger partial charge is 0.267 e. The molecule has 1 N–H and O–H groups in total. The summed E-state index contributed by atoms with van der Waals surface area (Å²) < 4.78 is 6.33. The van der Waals surface area contributed by atoms with Crippen LogP contribution in [-0.4, -0.2) is 29.3 Å². The summed E-state index contributed by atoms with van der Waals surface area (Å²) in [6, 6.07) is 18.9. The maximum absolute atomic E-state index is 12.3. The third kappa shape index (κ3) is 5.54. The zero-order valence-electron chi connectivity index (χ0n) is 16.7. The fraction of sp³-hybridized carbons (Fsp3) is 0.261. The number of amides is 1. The molecule has 0 atom stereocenters. The average molecular weight is 391 g/mol. The van der Waals surface area contributed by atoms with Gasteiger partial charge in [0.25, 0.3) is 5.56 Å². The highest BCUT2D eigenvalue weighted by atomic mass is 16.5. The molecule has 0 aliphatic rings. The molecule has 2 aromatic carbocycles. The summed E-state index contributed by atoms with van der Waals surface area (Å²) in [4.78, 5) is 24.4. The molecule has 0 aliphatic heterocycles. The molecule has 0 unspecified atom stereocenters. The second kappa shape index (κ2) is 9.68. The van der Waals surface area contributed by atoms with E-state index in [0.29, 0.717) is 18.7 Å². The van der Waals surface area contributed by atoms with Crippen LogP contribution in [0.25, 0.3) is 11.3 Å². The summed E-state index contributed by atoms with van der Waals surface area (Å²) in [6.45, 7) is 2.47. The van der Waals surface area contributed by atoms with Crippen molar-refractivity contribution < 1.29 is 9.53 Å². The van der Waals surface area contributed by atoms with E-state index in [9.17, 15) is 9.59 Å². The third-order valence-electron chi connectivity index (χ3n) is 4.71. The molecular weight excluding hydrogens is 366 g/mol. The highest BCUT2D eigenvalue weighted by Crippen LogP contribution is 2.16. The molecule has 3 aromatic rings. The lowest BCUT2D eigenvalue weighted by Gasteiger charge is -2.09. The van der Waals surface area contributed by atoms with Crippen LogP contribution in [0.2, 0.25) is 0 Å². The molecule has 0 bridgehead atoms. The molecule has 0 spiro atoms. The number of benzene rings is 2. The molecule has 0 saturated heterocycles. The summed E-state index contributed by atoms with van der Waals surface area (Å²) in [6.07, 6.45) is 1.66. The van der Waals surface area contributed by atoms with E-state index < -0.39 is 0 Å². The Labute approximate surface area is 170 Å². The van der Waals surface area contributed by atoms with Crippen LogP contribution in [0.15, 0.2) is 65.5 Å². The van der Waals surface area contributed by atoms with Gasteiger partial charge in [-0.2, -0.15) is 5.10 Å². The fourth-order valence-electron chi connectivity index (χ4n) is 2.96. The van der Waals surface area contributed by atoms with Crippen LogP contribution in [0.3, 0.4) is 0 Å². The second-order valence-corrected chi connectivity index (χ2v) is 6.71. The number of nitrogens with one attached hydrogen (secondary N) is 1. The first-order valence-electron chi connectivity index (χ1n) is 9.66. The summed E-state index contributed by atoms with van der Waals surface area (Å²) in [5.41, 5.74) is 3.61. The van der Waals surface area contributed by atoms with Crippen molar-refractivity contribution in [1.82, 2.24) is 15.1 Å². The summed E-state index contributed by atoms with van der Waals surface area (Å²) in [5.74, 6) is 0.555. The van der Waals surface area contributed by atoms with Gasteiger partial charge in [-0.05, 0) is 42.2 Å². The number of nitrogens with zero attached hydrogens (tertiary/aromatic N) is 2. The Kier molecular flexibility index (Phi) is 6.79. The minimum absolute atomic E-state index is 0.109. The summed E-state index contributed by atoms with van der Waals surface area (Å²) in [5, 5.41) is 7.19. The number of hydrogen-bond donors (Lipinski definition) is 1. The topological polar surface area (TPSA) is 73.2 Å². The number of methoxy groups -OCH3 is 1. The van der Waals surface area contributed by atoms with Crippen LogP contribution < -0.4 is 15.6 Å². The van der Waals surface area contributed by atoms with Gasteiger partial charge in [-0.15, -0.1) is 0 Å². The predicted molar refractivity (Wildman–Crippen MR) is 113 cm³/mol. The Morgan fingerprint density at radius 2 is 1.69 bits per heavy atom. The molecule has 0 radical (unpaired) electrons. The van der Waals surface area contributed by atoms with E-state index in [1.54, 1.807) is 13.2 Å². The van der Waals surface area contributed by atoms with Crippen molar-refractivity contribution in [2.45, 2.75) is 26.3 Å². The minimum atomic E-state index is -0.302. The minimum Gasteiger partial charge on any atom is -0.497 e. The van der Waals surface area contributed by atoms with Crippen LogP contribution in [0.4, 0.5) is 0 Å². The van der Waals surface area contributed by atoms with Crippen molar-refractivity contribution in [1.29, 1.82) is 0 Å². The van der Waals surface area contributed by atoms with Gasteiger partial charge in [0.15, 0.2) is 0 Å². The molecule has 29 heavy (non-hydrogen) atoms. The van der Waals surface area contributed by atoms with Crippen molar-refractivity contribution in [3.8, 4) is 17.0 Å². The van der Waals surface area contributed by atoms with Gasteiger partial charge in [0.1, 0.15) is 12.3 Å². The van der Waals surface area contributed by atoms with E-state index in [0.717, 1.165) is 23.3 Å². The Bertz CT molecular complexity index is 1010. The van der Waals surface area contributed by atoms with E-state index in [2.05, 4.69) is 17.3 Å². The molecule has 6 nitrogen and oxygen atoms in total. The standard InChI is InChI=1S/C23H25N3O3/c1-3-17-4-8-19(9-5-17)21-12-13-23(28)26(25-21)16-22(27)24-15-14-18-6-10-20(29-2)11-7-18/h4-13H,3,14-16H2,1-2H3,(H,24,27). The lowest BCUT2D eigenvalue weighted by Crippen LogP contribution is -2.34. The lowest BCUT2D eigenvalue weighted by atomic mass is 10.1. The van der Waals surface area contributed by atoms with E-state index >= 15 is 0 Å². The van der Waals surface area contributed by atoms with E-state index in [-0.39, 0.29) is 18.0 Å². The Morgan fingerprint density at radius 3 is 2.34 bits per heavy atom. The molecule has 150 valence electrons. The van der Waals surface area contributed by atoms with Crippen LogP contribution in [0.1, 0.15) is 18.1 Å². The third-order valence-corrected chi connectivity index (χ3v) is 4.71. The number of carbonyl (C=O) groups is 1. The van der Waals surface area contributed by atoms with Crippen LogP contribution >= 0.6 is 0 Å². The van der Waals surface area contributed by atoms with Gasteiger partial charge in [0, 0.05) is 18.2 Å². The quantitative estimate of drug-likeness (QED) is 0.641. The van der Waals surface area contributed by atoms with E-state index in [1.165, 1.54) is 16.3 Å². The van der Waals surface area contributed by atoms with Crippen molar-refractivity contribution in [3.05, 3.63) is 82.1 Å². The number of hydrogen-bond acceptors (Lipinski definition) is 4. The maximum atomic E-state index is 12.3. The van der Waals surface area contributed by atoms with Gasteiger partial charge in [-0.3, -0.25) is 9.59 Å². The first kappa shape index (κ1) is 20.3. The van der Waals surface area contributed by atoms with Crippen molar-refractivity contribution in [3.63, 3.8) is 0 Å². The molecule has 6 heteroatoms. The van der Waals surface area contributed by atoms with Crippen molar-refractivity contribution in [2.24, 2.45) is 0 Å². The number of ether oxygens (including phenoxy) is 1. The largest absolute Gasteiger partial charge is 0.497 e. The van der Waals surface area contributed by atoms with Crippen LogP contribution in [0, 0.1) is 0 Å². The fourth-order valence-corrected chi connectivity index (χ4v) is 2.96. The SMILES string of the molecule is CCc1ccc(-c2ccc(=O)n(CC(=O)NCCc3ccc(OC)cc3)n2)cc1. The number of carbonyl (C=O) groups excluding carboxylic acids is 1. The Morgan fingerprint density at radius 1 is 1.00 bits per heavy atom. The number of aromatic nitrogens is 2. The second-order valence-electron chi connectivity index (χ2n) is 6.71. The normalized spacial score (nSPS) is 10.6. The molecule has 0 saturated carbocycles. The Hall–Kier alpha value is -3.41. The highest BCUT2D eigenvalue weighted by molar-refractivity contribution is 5.75. The zero-order valence-corrected chi connectivity index (χ0v) is 16.7. The van der Waals surface area contributed by atoms with Gasteiger partial charge in [0.2, 0.25) is 5.91 Å². The van der Waals surface area contributed by atoms with E-state index in [4.69, 9.17) is 4.74 Å². The number of aryl methyl sites for hydroxylation is 1. The first-order valence-corrected chi connectivity index (χ1v) is 9.66. The van der Waals surface area contributed by atoms with Crippen LogP contribution in [-0.2, 0) is 24.2 Å². The summed E-state index contributed by atoms with van der Waals surface area (Å²) in [7, 11) is 1.63. The first-order chi connectivity index (χ1) is 14.1. The highest BCUT2D eigenvalue weighted by Gasteiger charge is 2.08. The molecule has 1 amide bonds. The predicted octanol–water partition coefficient (Wildman–Crippen LogP) is 2.84. The van der Waals surface area contributed by atoms with Gasteiger partial charge in [0.05, 0.1) is 12.8 Å². The molecule has 3 rings (SSSR count). The van der Waals surface area contributed by atoms with E-state index in [1.807, 2.05) is 48.5 Å². The van der Waals surface area contributed by atoms with Crippen LogP contribution in [0.5, 0.6) is 5.75 Å². The molecule has 1 heterocycles. The zero-order chi connectivity index (χ0) is 20.6. The van der Waals surface area contributed by atoms with Gasteiger partial charge >= 0.3 is 0 Å². The lowest BCUT2D eigenvalue weighted by molar-refractivity contribution is -0.121. The van der Waals surface area contributed by atoms with Gasteiger partial charge in [-0.1, -0.05) is 43.3 Å². The summed E-state index contributed by atoms with van der Waals surface area (Å²) >= 11 is 0. The monoisotopic (exact) mass is 391 g/mol. The van der Waals surface area contributed by atoms with Gasteiger partial charge < -0.3 is 10.1 Å². The molecule has 0 fully saturated rings. The van der Waals surface area contributed by atoms with Crippen molar-refractivity contribution in [2.75, 3.05) is 13.7 Å². The number of rotatable bonds is 8.